The summed E-state index contributed by atoms with van der Waals surface area (Å²) in [6, 6.07) is 14.1. The standard InChI is InChI=1S/C16H17N3O5S/c1-12(20)17-13-7-9-15(10-8-13)25(22,23)19-18-16(21)11-24-14-5-3-2-4-6-14/h2-10,19H,11H2,1H3,(H,17,20)(H,18,21). The predicted molar refractivity (Wildman–Crippen MR) is 91.1 cm³/mol. The lowest BCUT2D eigenvalue weighted by atomic mass is 10.3. The van der Waals surface area contributed by atoms with Crippen molar-refractivity contribution in [1.29, 1.82) is 0 Å². The molecular weight excluding hydrogens is 346 g/mol. The van der Waals surface area contributed by atoms with Crippen LogP contribution in [0.15, 0.2) is 59.5 Å². The van der Waals surface area contributed by atoms with E-state index in [9.17, 15) is 18.0 Å². The maximum atomic E-state index is 12.1. The highest BCUT2D eigenvalue weighted by atomic mass is 32.2. The number of carbonyl (C=O) groups excluding carboxylic acids is 2. The molecule has 3 N–H and O–H groups in total. The molecule has 0 saturated heterocycles. The van der Waals surface area contributed by atoms with Gasteiger partial charge in [0, 0.05) is 12.6 Å². The van der Waals surface area contributed by atoms with Crippen molar-refractivity contribution in [3.63, 3.8) is 0 Å². The van der Waals surface area contributed by atoms with Gasteiger partial charge in [0.05, 0.1) is 4.90 Å². The van der Waals surface area contributed by atoms with Crippen molar-refractivity contribution >= 4 is 27.5 Å². The summed E-state index contributed by atoms with van der Waals surface area (Å²) >= 11 is 0. The third kappa shape index (κ3) is 5.90. The zero-order chi connectivity index (χ0) is 18.3. The molecular formula is C16H17N3O5S. The van der Waals surface area contributed by atoms with Crippen molar-refractivity contribution in [2.24, 2.45) is 0 Å². The molecule has 2 rings (SSSR count). The zero-order valence-corrected chi connectivity index (χ0v) is 14.2. The van der Waals surface area contributed by atoms with Gasteiger partial charge in [0.15, 0.2) is 6.61 Å². The molecule has 132 valence electrons. The number of anilines is 1. The number of hydrogen-bond acceptors (Lipinski definition) is 5. The van der Waals surface area contributed by atoms with Gasteiger partial charge in [-0.3, -0.25) is 15.0 Å². The smallest absolute Gasteiger partial charge is 0.272 e. The Morgan fingerprint density at radius 1 is 1.00 bits per heavy atom. The molecule has 0 aliphatic heterocycles. The fourth-order valence-corrected chi connectivity index (χ4v) is 2.67. The number of rotatable bonds is 7. The summed E-state index contributed by atoms with van der Waals surface area (Å²) in [5, 5.41) is 2.53. The highest BCUT2D eigenvalue weighted by molar-refractivity contribution is 7.89. The SMILES string of the molecule is CC(=O)Nc1ccc(S(=O)(=O)NNC(=O)COc2ccccc2)cc1. The summed E-state index contributed by atoms with van der Waals surface area (Å²) in [4.78, 5) is 24.5. The molecule has 0 radical (unpaired) electrons. The number of ether oxygens (including phenoxy) is 1. The minimum absolute atomic E-state index is 0.0640. The van der Waals surface area contributed by atoms with E-state index in [1.54, 1.807) is 30.3 Å². The highest BCUT2D eigenvalue weighted by Crippen LogP contribution is 2.13. The average molecular weight is 363 g/mol. The van der Waals surface area contributed by atoms with E-state index in [2.05, 4.69) is 10.7 Å². The number of benzene rings is 2. The minimum atomic E-state index is -3.93. The molecule has 0 aliphatic carbocycles. The van der Waals surface area contributed by atoms with E-state index < -0.39 is 15.9 Å². The van der Waals surface area contributed by atoms with Gasteiger partial charge < -0.3 is 10.1 Å². The van der Waals surface area contributed by atoms with Crippen LogP contribution in [0.25, 0.3) is 0 Å². The van der Waals surface area contributed by atoms with Crippen LogP contribution < -0.4 is 20.3 Å². The molecule has 2 amide bonds. The van der Waals surface area contributed by atoms with E-state index in [4.69, 9.17) is 4.74 Å². The minimum Gasteiger partial charge on any atom is -0.484 e. The number of hydrogen-bond donors (Lipinski definition) is 3. The normalized spacial score (nSPS) is 10.8. The Bertz CT molecular complexity index is 836. The predicted octanol–water partition coefficient (Wildman–Crippen LogP) is 1.03. The Morgan fingerprint density at radius 3 is 2.24 bits per heavy atom. The van der Waals surface area contributed by atoms with Crippen LogP contribution in [0, 0.1) is 0 Å². The number of amides is 2. The first-order valence-corrected chi connectivity index (χ1v) is 8.71. The van der Waals surface area contributed by atoms with Crippen LogP contribution in [0.4, 0.5) is 5.69 Å². The first kappa shape index (κ1) is 18.4. The lowest BCUT2D eigenvalue weighted by Gasteiger charge is -2.10. The summed E-state index contributed by atoms with van der Waals surface area (Å²) < 4.78 is 29.4. The molecule has 0 saturated carbocycles. The summed E-state index contributed by atoms with van der Waals surface area (Å²) in [7, 11) is -3.93. The van der Waals surface area contributed by atoms with E-state index in [1.165, 1.54) is 31.2 Å². The van der Waals surface area contributed by atoms with Crippen LogP contribution >= 0.6 is 0 Å². The quantitative estimate of drug-likeness (QED) is 0.636. The molecule has 2 aromatic rings. The molecule has 2 aromatic carbocycles. The summed E-state index contributed by atoms with van der Waals surface area (Å²) in [6.45, 7) is 1.01. The van der Waals surface area contributed by atoms with E-state index in [-0.39, 0.29) is 17.4 Å². The number of carbonyl (C=O) groups is 2. The average Bonchev–Trinajstić information content (AvgIpc) is 2.59. The van der Waals surface area contributed by atoms with Gasteiger partial charge in [0.1, 0.15) is 5.75 Å². The number of para-hydroxylation sites is 1. The van der Waals surface area contributed by atoms with Gasteiger partial charge in [-0.25, -0.2) is 8.42 Å². The van der Waals surface area contributed by atoms with E-state index in [1.807, 2.05) is 4.83 Å². The van der Waals surface area contributed by atoms with Crippen LogP contribution in [-0.4, -0.2) is 26.8 Å². The maximum absolute atomic E-state index is 12.1. The van der Waals surface area contributed by atoms with Gasteiger partial charge >= 0.3 is 0 Å². The third-order valence-corrected chi connectivity index (χ3v) is 4.19. The summed E-state index contributed by atoms with van der Waals surface area (Å²) in [5.41, 5.74) is 2.53. The molecule has 0 unspecified atom stereocenters. The molecule has 0 atom stereocenters. The number of nitrogens with one attached hydrogen (secondary N) is 3. The molecule has 25 heavy (non-hydrogen) atoms. The largest absolute Gasteiger partial charge is 0.484 e. The van der Waals surface area contributed by atoms with Crippen molar-refractivity contribution in [3.8, 4) is 5.75 Å². The first-order chi connectivity index (χ1) is 11.9. The summed E-state index contributed by atoms with van der Waals surface area (Å²) in [6.07, 6.45) is 0. The van der Waals surface area contributed by atoms with Gasteiger partial charge in [-0.15, -0.1) is 4.83 Å². The summed E-state index contributed by atoms with van der Waals surface area (Å²) in [5.74, 6) is -0.421. The zero-order valence-electron chi connectivity index (χ0n) is 13.4. The topological polar surface area (TPSA) is 114 Å². The Balaban J connectivity index is 1.88. The fourth-order valence-electron chi connectivity index (χ4n) is 1.81. The molecule has 0 aliphatic rings. The van der Waals surface area contributed by atoms with E-state index in [0.29, 0.717) is 11.4 Å². The number of sulfonamides is 1. The monoisotopic (exact) mass is 363 g/mol. The second kappa shape index (κ2) is 8.27. The Kier molecular flexibility index (Phi) is 6.09. The van der Waals surface area contributed by atoms with Crippen LogP contribution in [-0.2, 0) is 19.6 Å². The van der Waals surface area contributed by atoms with Gasteiger partial charge in [0.25, 0.3) is 15.9 Å². The van der Waals surface area contributed by atoms with Crippen molar-refractivity contribution in [2.75, 3.05) is 11.9 Å². The van der Waals surface area contributed by atoms with E-state index in [0.717, 1.165) is 0 Å². The van der Waals surface area contributed by atoms with E-state index >= 15 is 0 Å². The van der Waals surface area contributed by atoms with Gasteiger partial charge in [-0.2, -0.15) is 0 Å². The molecule has 0 fully saturated rings. The fraction of sp³-hybridized carbons (Fsp3) is 0.125. The first-order valence-electron chi connectivity index (χ1n) is 7.23. The Labute approximate surface area is 145 Å². The van der Waals surface area contributed by atoms with Crippen molar-refractivity contribution < 1.29 is 22.7 Å². The second-order valence-electron chi connectivity index (χ2n) is 4.96. The molecule has 0 aromatic heterocycles. The number of hydrazine groups is 1. The highest BCUT2D eigenvalue weighted by Gasteiger charge is 2.15. The van der Waals surface area contributed by atoms with Crippen LogP contribution in [0.2, 0.25) is 0 Å². The van der Waals surface area contributed by atoms with Crippen LogP contribution in [0.5, 0.6) is 5.75 Å². The Hall–Kier alpha value is -2.91. The molecule has 0 spiro atoms. The van der Waals surface area contributed by atoms with Gasteiger partial charge in [-0.05, 0) is 36.4 Å². The van der Waals surface area contributed by atoms with Crippen LogP contribution in [0.1, 0.15) is 6.92 Å². The lowest BCUT2D eigenvalue weighted by molar-refractivity contribution is -0.123. The lowest BCUT2D eigenvalue weighted by Crippen LogP contribution is -2.43. The van der Waals surface area contributed by atoms with Crippen LogP contribution in [0.3, 0.4) is 0 Å². The van der Waals surface area contributed by atoms with Crippen molar-refractivity contribution in [2.45, 2.75) is 11.8 Å². The third-order valence-electron chi connectivity index (χ3n) is 2.92. The van der Waals surface area contributed by atoms with Crippen molar-refractivity contribution in [3.05, 3.63) is 54.6 Å². The maximum Gasteiger partial charge on any atom is 0.272 e. The van der Waals surface area contributed by atoms with Crippen molar-refractivity contribution in [1.82, 2.24) is 10.3 Å². The molecule has 8 nitrogen and oxygen atoms in total. The molecule has 0 heterocycles. The molecule has 9 heteroatoms. The molecule has 0 bridgehead atoms. The van der Waals surface area contributed by atoms with Gasteiger partial charge in [-0.1, -0.05) is 18.2 Å². The Morgan fingerprint density at radius 2 is 1.64 bits per heavy atom. The second-order valence-corrected chi connectivity index (χ2v) is 6.64. The van der Waals surface area contributed by atoms with Gasteiger partial charge in [0.2, 0.25) is 5.91 Å².